The van der Waals surface area contributed by atoms with Gasteiger partial charge >= 0.3 is 6.18 Å². The second-order valence-corrected chi connectivity index (χ2v) is 8.08. The Morgan fingerprint density at radius 1 is 1.19 bits per heavy atom. The fourth-order valence-corrected chi connectivity index (χ4v) is 3.96. The lowest BCUT2D eigenvalue weighted by atomic mass is 9.92. The minimum atomic E-state index is -4.56. The Hall–Kier alpha value is -2.59. The highest BCUT2D eigenvalue weighted by Gasteiger charge is 2.33. The van der Waals surface area contributed by atoms with Crippen molar-refractivity contribution in [3.05, 3.63) is 35.1 Å². The van der Waals surface area contributed by atoms with Gasteiger partial charge in [0.25, 0.3) is 0 Å². The van der Waals surface area contributed by atoms with Crippen LogP contribution in [0.15, 0.2) is 24.5 Å². The standard InChI is InChI=1S/C20H23ClF3N7/c1-2-31-10-26-16-17(27-13-7-8-15(21)14(9-13)20(22,23)24)29-19(30-18(16)31)28-12-5-3-11(25)4-6-12/h7-12H,2-6,25H2,1H3,(H2,27,28,29,30)/t11-,12-. The Bertz CT molecular complexity index is 1070. The van der Waals surface area contributed by atoms with Crippen molar-refractivity contribution in [3.8, 4) is 0 Å². The molecule has 2 aromatic heterocycles. The summed E-state index contributed by atoms with van der Waals surface area (Å²) in [6, 6.07) is 4.05. The van der Waals surface area contributed by atoms with E-state index in [-0.39, 0.29) is 22.8 Å². The molecule has 1 saturated carbocycles. The summed E-state index contributed by atoms with van der Waals surface area (Å²) in [6.07, 6.45) is 0.728. The number of fused-ring (bicyclic) bond motifs is 1. The van der Waals surface area contributed by atoms with E-state index < -0.39 is 11.7 Å². The van der Waals surface area contributed by atoms with Gasteiger partial charge in [-0.25, -0.2) is 4.98 Å². The van der Waals surface area contributed by atoms with Crippen LogP contribution in [0.2, 0.25) is 5.02 Å². The van der Waals surface area contributed by atoms with Crippen molar-refractivity contribution in [2.24, 2.45) is 5.73 Å². The predicted molar refractivity (Wildman–Crippen MR) is 115 cm³/mol. The molecule has 1 aliphatic carbocycles. The fourth-order valence-electron chi connectivity index (χ4n) is 3.73. The Kier molecular flexibility index (Phi) is 5.94. The first kappa shape index (κ1) is 21.6. The minimum Gasteiger partial charge on any atom is -0.351 e. The van der Waals surface area contributed by atoms with E-state index in [9.17, 15) is 13.2 Å². The van der Waals surface area contributed by atoms with Gasteiger partial charge in [0.1, 0.15) is 0 Å². The zero-order chi connectivity index (χ0) is 22.2. The van der Waals surface area contributed by atoms with Crippen molar-refractivity contribution in [2.75, 3.05) is 10.6 Å². The van der Waals surface area contributed by atoms with Crippen molar-refractivity contribution in [1.82, 2.24) is 19.5 Å². The third kappa shape index (κ3) is 4.69. The zero-order valence-electron chi connectivity index (χ0n) is 16.9. The Balaban J connectivity index is 1.69. The lowest BCUT2D eigenvalue weighted by Crippen LogP contribution is -2.33. The monoisotopic (exact) mass is 453 g/mol. The van der Waals surface area contributed by atoms with Gasteiger partial charge in [0, 0.05) is 24.3 Å². The van der Waals surface area contributed by atoms with E-state index in [0.717, 1.165) is 31.7 Å². The number of hydrogen-bond donors (Lipinski definition) is 3. The molecule has 0 bridgehead atoms. The number of nitrogens with two attached hydrogens (primary N) is 1. The van der Waals surface area contributed by atoms with Crippen LogP contribution in [0.1, 0.15) is 38.2 Å². The highest BCUT2D eigenvalue weighted by molar-refractivity contribution is 6.31. The summed E-state index contributed by atoms with van der Waals surface area (Å²) in [5.41, 5.74) is 6.34. The van der Waals surface area contributed by atoms with Crippen molar-refractivity contribution < 1.29 is 13.2 Å². The summed E-state index contributed by atoms with van der Waals surface area (Å²) in [5.74, 6) is 0.721. The summed E-state index contributed by atoms with van der Waals surface area (Å²) in [5, 5.41) is 5.95. The van der Waals surface area contributed by atoms with E-state index in [1.807, 2.05) is 11.5 Å². The number of halogens is 4. The molecule has 1 aromatic carbocycles. The molecule has 1 fully saturated rings. The number of hydrogen-bond acceptors (Lipinski definition) is 6. The summed E-state index contributed by atoms with van der Waals surface area (Å²) in [6.45, 7) is 2.60. The third-order valence-electron chi connectivity index (χ3n) is 5.44. The molecule has 0 atom stereocenters. The maximum atomic E-state index is 13.2. The number of rotatable bonds is 5. The molecule has 3 aromatic rings. The van der Waals surface area contributed by atoms with Crippen LogP contribution in [-0.2, 0) is 12.7 Å². The van der Waals surface area contributed by atoms with Crippen molar-refractivity contribution >= 4 is 40.2 Å². The molecule has 11 heteroatoms. The molecule has 0 radical (unpaired) electrons. The van der Waals surface area contributed by atoms with E-state index >= 15 is 0 Å². The topological polar surface area (TPSA) is 93.7 Å². The molecule has 0 unspecified atom stereocenters. The first-order valence-corrected chi connectivity index (χ1v) is 10.5. The summed E-state index contributed by atoms with van der Waals surface area (Å²) in [7, 11) is 0. The van der Waals surface area contributed by atoms with Gasteiger partial charge in [-0.15, -0.1) is 0 Å². The molecular formula is C20H23ClF3N7. The normalized spacial score (nSPS) is 19.5. The van der Waals surface area contributed by atoms with E-state index in [0.29, 0.717) is 29.5 Å². The molecule has 2 heterocycles. The van der Waals surface area contributed by atoms with Gasteiger partial charge in [-0.2, -0.15) is 23.1 Å². The van der Waals surface area contributed by atoms with Gasteiger partial charge in [-0.05, 0) is 50.8 Å². The number of aromatic nitrogens is 4. The first-order chi connectivity index (χ1) is 14.7. The van der Waals surface area contributed by atoms with Crippen molar-refractivity contribution in [2.45, 2.75) is 57.4 Å². The summed E-state index contributed by atoms with van der Waals surface area (Å²) >= 11 is 5.74. The largest absolute Gasteiger partial charge is 0.417 e. The Morgan fingerprint density at radius 3 is 2.61 bits per heavy atom. The molecular weight excluding hydrogens is 431 g/mol. The third-order valence-corrected chi connectivity index (χ3v) is 5.77. The molecule has 4 N–H and O–H groups in total. The number of alkyl halides is 3. The van der Waals surface area contributed by atoms with Crippen LogP contribution in [0, 0.1) is 0 Å². The van der Waals surface area contributed by atoms with E-state index in [1.54, 1.807) is 6.33 Å². The van der Waals surface area contributed by atoms with Gasteiger partial charge in [-0.1, -0.05) is 11.6 Å². The molecule has 7 nitrogen and oxygen atoms in total. The Morgan fingerprint density at radius 2 is 1.94 bits per heavy atom. The quantitative estimate of drug-likeness (QED) is 0.506. The van der Waals surface area contributed by atoms with Crippen molar-refractivity contribution in [3.63, 3.8) is 0 Å². The molecule has 1 aliphatic rings. The predicted octanol–water partition coefficient (Wildman–Crippen LogP) is 4.94. The van der Waals surface area contributed by atoms with E-state index in [1.165, 1.54) is 12.1 Å². The number of anilines is 3. The van der Waals surface area contributed by atoms with E-state index in [2.05, 4.69) is 25.6 Å². The Labute approximate surface area is 182 Å². The van der Waals surface area contributed by atoms with Gasteiger partial charge in [-0.3, -0.25) is 0 Å². The fraction of sp³-hybridized carbons (Fsp3) is 0.450. The number of nitrogens with one attached hydrogen (secondary N) is 2. The van der Waals surface area contributed by atoms with E-state index in [4.69, 9.17) is 17.3 Å². The highest BCUT2D eigenvalue weighted by Crippen LogP contribution is 2.37. The second-order valence-electron chi connectivity index (χ2n) is 7.67. The van der Waals surface area contributed by atoms with Crippen LogP contribution in [-0.4, -0.2) is 31.6 Å². The van der Waals surface area contributed by atoms with Gasteiger partial charge < -0.3 is 20.9 Å². The van der Waals surface area contributed by atoms with Crippen LogP contribution in [0.4, 0.5) is 30.6 Å². The first-order valence-electron chi connectivity index (χ1n) is 10.1. The van der Waals surface area contributed by atoms with Gasteiger partial charge in [0.2, 0.25) is 5.95 Å². The second kappa shape index (κ2) is 8.51. The average Bonchev–Trinajstić information content (AvgIpc) is 3.13. The molecule has 0 aliphatic heterocycles. The molecule has 4 rings (SSSR count). The number of benzene rings is 1. The van der Waals surface area contributed by atoms with Gasteiger partial charge in [0.05, 0.1) is 16.9 Å². The molecule has 0 amide bonds. The zero-order valence-corrected chi connectivity index (χ0v) is 17.6. The summed E-state index contributed by atoms with van der Waals surface area (Å²) in [4.78, 5) is 13.5. The molecule has 166 valence electrons. The maximum absolute atomic E-state index is 13.2. The number of aryl methyl sites for hydroxylation is 1. The minimum absolute atomic E-state index is 0.190. The van der Waals surface area contributed by atoms with Crippen LogP contribution in [0.25, 0.3) is 11.2 Å². The molecule has 0 saturated heterocycles. The smallest absolute Gasteiger partial charge is 0.351 e. The van der Waals surface area contributed by atoms with Crippen LogP contribution < -0.4 is 16.4 Å². The number of nitrogens with zero attached hydrogens (tertiary/aromatic N) is 4. The van der Waals surface area contributed by atoms with Crippen LogP contribution in [0.5, 0.6) is 0 Å². The highest BCUT2D eigenvalue weighted by atomic mass is 35.5. The average molecular weight is 454 g/mol. The molecule has 0 spiro atoms. The maximum Gasteiger partial charge on any atom is 0.417 e. The van der Waals surface area contributed by atoms with Crippen LogP contribution >= 0.6 is 11.6 Å². The lowest BCUT2D eigenvalue weighted by molar-refractivity contribution is -0.137. The van der Waals surface area contributed by atoms with Crippen molar-refractivity contribution in [1.29, 1.82) is 0 Å². The lowest BCUT2D eigenvalue weighted by Gasteiger charge is -2.26. The number of imidazole rings is 1. The summed E-state index contributed by atoms with van der Waals surface area (Å²) < 4.78 is 41.6. The van der Waals surface area contributed by atoms with Gasteiger partial charge in [0.15, 0.2) is 17.0 Å². The van der Waals surface area contributed by atoms with Crippen LogP contribution in [0.3, 0.4) is 0 Å². The SMILES string of the molecule is CCn1cnc2c(Nc3ccc(Cl)c(C(F)(F)F)c3)nc(N[C@H]3CC[C@H](N)CC3)nc21. The molecule has 31 heavy (non-hydrogen) atoms.